The van der Waals surface area contributed by atoms with Crippen molar-refractivity contribution in [1.82, 2.24) is 9.97 Å². The molecular formula is C15H17ClN4. The fraction of sp³-hybridized carbons (Fsp3) is 0.333. The molecule has 1 aliphatic rings. The van der Waals surface area contributed by atoms with Gasteiger partial charge in [0, 0.05) is 29.7 Å². The molecule has 3 rings (SSSR count). The molecule has 5 heteroatoms. The number of hydrogen-bond acceptors (Lipinski definition) is 4. The molecule has 20 heavy (non-hydrogen) atoms. The lowest BCUT2D eigenvalue weighted by molar-refractivity contribution is 0.500. The maximum absolute atomic E-state index is 5.92. The van der Waals surface area contributed by atoms with Gasteiger partial charge >= 0.3 is 0 Å². The molecule has 0 spiro atoms. The van der Waals surface area contributed by atoms with E-state index in [4.69, 9.17) is 17.3 Å². The molecule has 104 valence electrons. The monoisotopic (exact) mass is 288 g/mol. The van der Waals surface area contributed by atoms with Crippen LogP contribution in [0.1, 0.15) is 12.8 Å². The van der Waals surface area contributed by atoms with E-state index in [1.165, 1.54) is 0 Å². The fourth-order valence-corrected chi connectivity index (χ4v) is 2.52. The zero-order valence-electron chi connectivity index (χ0n) is 11.2. The first-order chi connectivity index (χ1) is 9.72. The Labute approximate surface area is 123 Å². The lowest BCUT2D eigenvalue weighted by Gasteiger charge is -2.31. The summed E-state index contributed by atoms with van der Waals surface area (Å²) >= 11 is 5.88. The third kappa shape index (κ3) is 2.92. The molecule has 0 saturated carbocycles. The molecule has 4 nitrogen and oxygen atoms in total. The van der Waals surface area contributed by atoms with Crippen molar-refractivity contribution in [3.05, 3.63) is 41.7 Å². The zero-order valence-corrected chi connectivity index (χ0v) is 11.9. The van der Waals surface area contributed by atoms with E-state index in [9.17, 15) is 0 Å². The van der Waals surface area contributed by atoms with E-state index in [0.717, 1.165) is 48.0 Å². The quantitative estimate of drug-likeness (QED) is 0.923. The molecule has 0 atom stereocenters. The van der Waals surface area contributed by atoms with Gasteiger partial charge in [0.05, 0.1) is 18.1 Å². The average molecular weight is 289 g/mol. The lowest BCUT2D eigenvalue weighted by Crippen LogP contribution is -2.39. The van der Waals surface area contributed by atoms with Gasteiger partial charge in [0.1, 0.15) is 0 Å². The summed E-state index contributed by atoms with van der Waals surface area (Å²) in [6.07, 6.45) is 5.82. The van der Waals surface area contributed by atoms with Gasteiger partial charge in [-0.3, -0.25) is 0 Å². The van der Waals surface area contributed by atoms with Crippen LogP contribution in [0.5, 0.6) is 0 Å². The summed E-state index contributed by atoms with van der Waals surface area (Å²) in [4.78, 5) is 11.2. The maximum Gasteiger partial charge on any atom is 0.159 e. The van der Waals surface area contributed by atoms with Crippen LogP contribution in [0.25, 0.3) is 11.4 Å². The predicted octanol–water partition coefficient (Wildman–Crippen LogP) is 2.72. The summed E-state index contributed by atoms with van der Waals surface area (Å²) < 4.78 is 0. The number of anilines is 1. The molecule has 1 saturated heterocycles. The van der Waals surface area contributed by atoms with Crippen molar-refractivity contribution in [3.63, 3.8) is 0 Å². The van der Waals surface area contributed by atoms with Crippen LogP contribution >= 0.6 is 11.6 Å². The highest BCUT2D eigenvalue weighted by Crippen LogP contribution is 2.21. The second-order valence-electron chi connectivity index (χ2n) is 5.10. The molecule has 0 radical (unpaired) electrons. The van der Waals surface area contributed by atoms with Gasteiger partial charge in [-0.05, 0) is 37.1 Å². The van der Waals surface area contributed by atoms with Gasteiger partial charge in [0.15, 0.2) is 5.82 Å². The Morgan fingerprint density at radius 2 is 1.65 bits per heavy atom. The molecule has 0 aliphatic carbocycles. The first-order valence-corrected chi connectivity index (χ1v) is 7.19. The Kier molecular flexibility index (Phi) is 3.85. The summed E-state index contributed by atoms with van der Waals surface area (Å²) in [5.41, 5.74) is 7.96. The summed E-state index contributed by atoms with van der Waals surface area (Å²) in [7, 11) is 0. The van der Waals surface area contributed by atoms with Gasteiger partial charge in [0.2, 0.25) is 0 Å². The number of aromatic nitrogens is 2. The molecule has 2 aromatic rings. The van der Waals surface area contributed by atoms with Crippen LogP contribution in [0, 0.1) is 0 Å². The van der Waals surface area contributed by atoms with E-state index in [2.05, 4.69) is 14.9 Å². The number of nitrogens with zero attached hydrogens (tertiary/aromatic N) is 3. The minimum atomic E-state index is 0.334. The SMILES string of the molecule is NC1CCN(c2cnc(-c3ccc(Cl)cc3)nc2)CC1. The van der Waals surface area contributed by atoms with Gasteiger partial charge < -0.3 is 10.6 Å². The van der Waals surface area contributed by atoms with Crippen molar-refractivity contribution in [3.8, 4) is 11.4 Å². The molecule has 1 aromatic carbocycles. The van der Waals surface area contributed by atoms with Gasteiger partial charge in [-0.1, -0.05) is 11.6 Å². The number of hydrogen-bond donors (Lipinski definition) is 1. The van der Waals surface area contributed by atoms with E-state index in [-0.39, 0.29) is 0 Å². The second-order valence-corrected chi connectivity index (χ2v) is 5.53. The molecule has 1 aliphatic heterocycles. The summed E-state index contributed by atoms with van der Waals surface area (Å²) in [6.45, 7) is 1.95. The van der Waals surface area contributed by atoms with Crippen molar-refractivity contribution < 1.29 is 0 Å². The van der Waals surface area contributed by atoms with Crippen molar-refractivity contribution in [2.45, 2.75) is 18.9 Å². The predicted molar refractivity (Wildman–Crippen MR) is 81.9 cm³/mol. The van der Waals surface area contributed by atoms with Gasteiger partial charge in [-0.2, -0.15) is 0 Å². The molecule has 1 fully saturated rings. The molecule has 0 amide bonds. The minimum Gasteiger partial charge on any atom is -0.369 e. The maximum atomic E-state index is 5.92. The molecule has 2 N–H and O–H groups in total. The number of piperidine rings is 1. The number of benzene rings is 1. The van der Waals surface area contributed by atoms with Gasteiger partial charge in [0.25, 0.3) is 0 Å². The number of rotatable bonds is 2. The largest absolute Gasteiger partial charge is 0.369 e. The second kappa shape index (κ2) is 5.77. The van der Waals surface area contributed by atoms with Crippen molar-refractivity contribution in [1.29, 1.82) is 0 Å². The topological polar surface area (TPSA) is 55.0 Å². The Hall–Kier alpha value is -1.65. The third-order valence-electron chi connectivity index (χ3n) is 3.65. The first-order valence-electron chi connectivity index (χ1n) is 6.81. The summed E-state index contributed by atoms with van der Waals surface area (Å²) in [5.74, 6) is 0.721. The standard InChI is InChI=1S/C15H17ClN4/c16-12-3-1-11(2-4-12)15-18-9-14(10-19-15)20-7-5-13(17)6-8-20/h1-4,9-10,13H,5-8,17H2. The van der Waals surface area contributed by atoms with E-state index >= 15 is 0 Å². The van der Waals surface area contributed by atoms with Crippen molar-refractivity contribution >= 4 is 17.3 Å². The van der Waals surface area contributed by atoms with Crippen LogP contribution < -0.4 is 10.6 Å². The zero-order chi connectivity index (χ0) is 13.9. The highest BCUT2D eigenvalue weighted by atomic mass is 35.5. The van der Waals surface area contributed by atoms with Crippen LogP contribution in [0.2, 0.25) is 5.02 Å². The lowest BCUT2D eigenvalue weighted by atomic mass is 10.1. The Balaban J connectivity index is 1.76. The number of nitrogens with two attached hydrogens (primary N) is 1. The molecule has 2 heterocycles. The van der Waals surface area contributed by atoms with E-state index in [1.54, 1.807) is 0 Å². The van der Waals surface area contributed by atoms with E-state index < -0.39 is 0 Å². The fourth-order valence-electron chi connectivity index (χ4n) is 2.39. The molecular weight excluding hydrogens is 272 g/mol. The van der Waals surface area contributed by atoms with E-state index in [1.807, 2.05) is 36.7 Å². The van der Waals surface area contributed by atoms with Gasteiger partial charge in [-0.25, -0.2) is 9.97 Å². The van der Waals surface area contributed by atoms with Crippen LogP contribution in [-0.4, -0.2) is 29.1 Å². The van der Waals surface area contributed by atoms with Crippen LogP contribution in [0.3, 0.4) is 0 Å². The van der Waals surface area contributed by atoms with Gasteiger partial charge in [-0.15, -0.1) is 0 Å². The highest BCUT2D eigenvalue weighted by molar-refractivity contribution is 6.30. The molecule has 0 bridgehead atoms. The summed E-state index contributed by atoms with van der Waals surface area (Å²) in [5, 5.41) is 0.718. The Morgan fingerprint density at radius 1 is 1.05 bits per heavy atom. The highest BCUT2D eigenvalue weighted by Gasteiger charge is 2.16. The van der Waals surface area contributed by atoms with Crippen LogP contribution in [0.4, 0.5) is 5.69 Å². The van der Waals surface area contributed by atoms with Crippen molar-refractivity contribution in [2.75, 3.05) is 18.0 Å². The number of halogens is 1. The van der Waals surface area contributed by atoms with Crippen LogP contribution in [0.15, 0.2) is 36.7 Å². The average Bonchev–Trinajstić information content (AvgIpc) is 2.49. The normalized spacial score (nSPS) is 16.4. The molecule has 1 aromatic heterocycles. The Bertz CT molecular complexity index is 559. The Morgan fingerprint density at radius 3 is 2.25 bits per heavy atom. The van der Waals surface area contributed by atoms with Crippen molar-refractivity contribution in [2.24, 2.45) is 5.73 Å². The molecule has 0 unspecified atom stereocenters. The smallest absolute Gasteiger partial charge is 0.159 e. The van der Waals surface area contributed by atoms with E-state index in [0.29, 0.717) is 6.04 Å². The minimum absolute atomic E-state index is 0.334. The third-order valence-corrected chi connectivity index (χ3v) is 3.90. The summed E-state index contributed by atoms with van der Waals surface area (Å²) in [6, 6.07) is 7.88. The first kappa shape index (κ1) is 13.3. The van der Waals surface area contributed by atoms with Crippen LogP contribution in [-0.2, 0) is 0 Å².